The van der Waals surface area contributed by atoms with Crippen molar-refractivity contribution >= 4 is 11.8 Å². The highest BCUT2D eigenvalue weighted by atomic mass is 32.2. The molecule has 0 aromatic rings. The van der Waals surface area contributed by atoms with E-state index in [2.05, 4.69) is 28.4 Å². The van der Waals surface area contributed by atoms with Gasteiger partial charge in [0.05, 0.1) is 0 Å². The van der Waals surface area contributed by atoms with Crippen molar-refractivity contribution in [3.63, 3.8) is 0 Å². The Morgan fingerprint density at radius 2 is 1.60 bits per heavy atom. The van der Waals surface area contributed by atoms with E-state index in [1.807, 2.05) is 0 Å². The first-order valence-corrected chi connectivity index (χ1v) is 4.63. The molecule has 2 nitrogen and oxygen atoms in total. The molecule has 0 bridgehead atoms. The van der Waals surface area contributed by atoms with E-state index in [1.165, 1.54) is 24.6 Å². The lowest BCUT2D eigenvalue weighted by Crippen LogP contribution is -2.28. The predicted octanol–water partition coefficient (Wildman–Crippen LogP) is 0.928. The average molecular weight is 163 g/mol. The van der Waals surface area contributed by atoms with Crippen molar-refractivity contribution in [3.05, 3.63) is 0 Å². The summed E-state index contributed by atoms with van der Waals surface area (Å²) >= 11 is 2.06. The lowest BCUT2D eigenvalue weighted by Gasteiger charge is -2.20. The zero-order chi connectivity index (χ0) is 7.82. The van der Waals surface area contributed by atoms with Gasteiger partial charge in [0, 0.05) is 38.8 Å². The van der Waals surface area contributed by atoms with Crippen molar-refractivity contribution in [1.82, 2.24) is 4.90 Å². The maximum Gasteiger partial charge on any atom is 0.0351 e. The van der Waals surface area contributed by atoms with Crippen LogP contribution in [0.25, 0.3) is 0 Å². The number of rotatable bonds is 0. The summed E-state index contributed by atoms with van der Waals surface area (Å²) in [5.41, 5.74) is 0. The quantitative estimate of drug-likeness (QED) is 0.527. The summed E-state index contributed by atoms with van der Waals surface area (Å²) in [6, 6.07) is 0. The Hall–Kier alpha value is 0.270. The molecule has 0 aromatic carbocycles. The fraction of sp³-hybridized carbons (Fsp3) is 1.00. The van der Waals surface area contributed by atoms with Crippen LogP contribution < -0.4 is 0 Å². The van der Waals surface area contributed by atoms with Gasteiger partial charge in [0.1, 0.15) is 0 Å². The van der Waals surface area contributed by atoms with Crippen LogP contribution in [0.2, 0.25) is 0 Å². The summed E-state index contributed by atoms with van der Waals surface area (Å²) in [5, 5.41) is 0. The summed E-state index contributed by atoms with van der Waals surface area (Å²) in [7, 11) is 5.43. The molecular formula is C7H17NOS. The molecule has 0 atom stereocenters. The Balaban J connectivity index is 0.000000236. The van der Waals surface area contributed by atoms with Gasteiger partial charge in [-0.25, -0.2) is 0 Å². The largest absolute Gasteiger partial charge is 0.388 e. The highest BCUT2D eigenvalue weighted by molar-refractivity contribution is 7.99. The van der Waals surface area contributed by atoms with Gasteiger partial charge >= 0.3 is 0 Å². The SMILES string of the molecule is CN1CCSCC1.COC. The third-order valence-corrected chi connectivity index (χ3v) is 2.18. The molecule has 1 fully saturated rings. The van der Waals surface area contributed by atoms with Crippen molar-refractivity contribution in [3.8, 4) is 0 Å². The van der Waals surface area contributed by atoms with Crippen LogP contribution in [-0.2, 0) is 4.74 Å². The van der Waals surface area contributed by atoms with Gasteiger partial charge in [-0.05, 0) is 7.05 Å². The number of methoxy groups -OCH3 is 1. The van der Waals surface area contributed by atoms with Gasteiger partial charge in [0.2, 0.25) is 0 Å². The van der Waals surface area contributed by atoms with Crippen LogP contribution in [0.5, 0.6) is 0 Å². The molecule has 1 rings (SSSR count). The highest BCUT2D eigenvalue weighted by Crippen LogP contribution is 2.05. The molecule has 0 unspecified atom stereocenters. The minimum absolute atomic E-state index is 1.28. The first kappa shape index (κ1) is 10.3. The first-order chi connectivity index (χ1) is 4.81. The van der Waals surface area contributed by atoms with Crippen molar-refractivity contribution in [2.75, 3.05) is 45.9 Å². The van der Waals surface area contributed by atoms with Crippen LogP contribution in [0.4, 0.5) is 0 Å². The van der Waals surface area contributed by atoms with E-state index in [1.54, 1.807) is 14.2 Å². The second-order valence-corrected chi connectivity index (χ2v) is 3.55. The molecule has 0 aliphatic carbocycles. The van der Waals surface area contributed by atoms with Crippen molar-refractivity contribution in [2.24, 2.45) is 0 Å². The fourth-order valence-electron chi connectivity index (χ4n) is 0.655. The predicted molar refractivity (Wildman–Crippen MR) is 47.8 cm³/mol. The van der Waals surface area contributed by atoms with Gasteiger partial charge in [-0.2, -0.15) is 11.8 Å². The van der Waals surface area contributed by atoms with Crippen LogP contribution in [0, 0.1) is 0 Å². The molecule has 0 radical (unpaired) electrons. The fourth-order valence-corrected chi connectivity index (χ4v) is 1.74. The lowest BCUT2D eigenvalue weighted by molar-refractivity contribution is 0.277. The molecule has 0 spiro atoms. The topological polar surface area (TPSA) is 12.5 Å². The first-order valence-electron chi connectivity index (χ1n) is 3.47. The van der Waals surface area contributed by atoms with Gasteiger partial charge in [-0.1, -0.05) is 0 Å². The van der Waals surface area contributed by atoms with E-state index in [4.69, 9.17) is 0 Å². The van der Waals surface area contributed by atoms with Gasteiger partial charge < -0.3 is 9.64 Å². The smallest absolute Gasteiger partial charge is 0.0351 e. The third-order valence-electron chi connectivity index (χ3n) is 1.23. The van der Waals surface area contributed by atoms with E-state index in [0.29, 0.717) is 0 Å². The van der Waals surface area contributed by atoms with Crippen LogP contribution >= 0.6 is 11.8 Å². The average Bonchev–Trinajstić information content (AvgIpc) is 1.91. The van der Waals surface area contributed by atoms with E-state index < -0.39 is 0 Å². The Morgan fingerprint density at radius 3 is 1.80 bits per heavy atom. The summed E-state index contributed by atoms with van der Waals surface area (Å²) < 4.78 is 4.25. The molecule has 62 valence electrons. The maximum atomic E-state index is 4.25. The lowest BCUT2D eigenvalue weighted by atomic mass is 10.6. The Labute approximate surface area is 67.9 Å². The number of hydrogen-bond donors (Lipinski definition) is 0. The van der Waals surface area contributed by atoms with Crippen LogP contribution in [0.3, 0.4) is 0 Å². The standard InChI is InChI=1S/C5H11NS.C2H6O/c1-6-2-4-7-5-3-6;1-3-2/h2-5H2,1H3;1-2H3. The highest BCUT2D eigenvalue weighted by Gasteiger charge is 2.02. The molecule has 1 aliphatic rings. The zero-order valence-corrected chi connectivity index (χ0v) is 7.91. The Morgan fingerprint density at radius 1 is 1.20 bits per heavy atom. The minimum atomic E-state index is 1.28. The summed E-state index contributed by atoms with van der Waals surface area (Å²) in [6.07, 6.45) is 0. The second-order valence-electron chi connectivity index (χ2n) is 2.32. The van der Waals surface area contributed by atoms with Crippen LogP contribution in [0.15, 0.2) is 0 Å². The Bertz CT molecular complexity index is 64.6. The minimum Gasteiger partial charge on any atom is -0.388 e. The van der Waals surface area contributed by atoms with E-state index in [0.717, 1.165) is 0 Å². The molecule has 0 aromatic heterocycles. The van der Waals surface area contributed by atoms with Gasteiger partial charge in [-0.3, -0.25) is 0 Å². The van der Waals surface area contributed by atoms with E-state index in [-0.39, 0.29) is 0 Å². The molecule has 0 N–H and O–H groups in total. The molecule has 10 heavy (non-hydrogen) atoms. The molecule has 0 amide bonds. The van der Waals surface area contributed by atoms with Crippen LogP contribution in [0.1, 0.15) is 0 Å². The Kier molecular flexibility index (Phi) is 7.58. The zero-order valence-electron chi connectivity index (χ0n) is 7.09. The van der Waals surface area contributed by atoms with Gasteiger partial charge in [0.25, 0.3) is 0 Å². The summed E-state index contributed by atoms with van der Waals surface area (Å²) in [5.74, 6) is 2.66. The monoisotopic (exact) mass is 163 g/mol. The van der Waals surface area contributed by atoms with Crippen molar-refractivity contribution in [2.45, 2.75) is 0 Å². The van der Waals surface area contributed by atoms with Crippen molar-refractivity contribution in [1.29, 1.82) is 0 Å². The number of nitrogens with zero attached hydrogens (tertiary/aromatic N) is 1. The third kappa shape index (κ3) is 6.39. The number of ether oxygens (including phenoxy) is 1. The molecule has 1 saturated heterocycles. The van der Waals surface area contributed by atoms with Gasteiger partial charge in [-0.15, -0.1) is 0 Å². The van der Waals surface area contributed by atoms with E-state index >= 15 is 0 Å². The summed E-state index contributed by atoms with van der Waals surface area (Å²) in [6.45, 7) is 2.56. The van der Waals surface area contributed by atoms with Crippen LogP contribution in [-0.4, -0.2) is 50.8 Å². The molecular weight excluding hydrogens is 146 g/mol. The van der Waals surface area contributed by atoms with Gasteiger partial charge in [0.15, 0.2) is 0 Å². The maximum absolute atomic E-state index is 4.25. The summed E-state index contributed by atoms with van der Waals surface area (Å²) in [4.78, 5) is 2.37. The van der Waals surface area contributed by atoms with E-state index in [9.17, 15) is 0 Å². The molecule has 1 heterocycles. The number of thioether (sulfide) groups is 1. The second kappa shape index (κ2) is 7.38. The number of hydrogen-bond acceptors (Lipinski definition) is 3. The molecule has 3 heteroatoms. The molecule has 0 saturated carbocycles. The molecule has 1 aliphatic heterocycles. The normalized spacial score (nSPS) is 19.5. The van der Waals surface area contributed by atoms with Crippen molar-refractivity contribution < 1.29 is 4.74 Å².